The molecular formula is C24H35N3O6. The first kappa shape index (κ1) is 26.2. The maximum absolute atomic E-state index is 12.9. The van der Waals surface area contributed by atoms with E-state index in [2.05, 4.69) is 10.6 Å². The van der Waals surface area contributed by atoms with Crippen molar-refractivity contribution in [3.8, 4) is 0 Å². The Morgan fingerprint density at radius 3 is 2.39 bits per heavy atom. The lowest BCUT2D eigenvalue weighted by Crippen LogP contribution is -2.57. The Hall–Kier alpha value is -3.10. The van der Waals surface area contributed by atoms with Crippen LogP contribution < -0.4 is 10.6 Å². The van der Waals surface area contributed by atoms with Gasteiger partial charge in [-0.15, -0.1) is 0 Å². The highest BCUT2D eigenvalue weighted by Crippen LogP contribution is 2.15. The first-order valence-corrected chi connectivity index (χ1v) is 11.2. The van der Waals surface area contributed by atoms with Crippen LogP contribution in [0.2, 0.25) is 0 Å². The molecule has 0 aliphatic carbocycles. The fourth-order valence-corrected chi connectivity index (χ4v) is 3.34. The van der Waals surface area contributed by atoms with E-state index in [4.69, 9.17) is 9.47 Å². The van der Waals surface area contributed by atoms with Crippen molar-refractivity contribution in [2.45, 2.75) is 71.8 Å². The molecule has 33 heavy (non-hydrogen) atoms. The molecule has 1 fully saturated rings. The number of carbonyl (C=O) groups is 4. The summed E-state index contributed by atoms with van der Waals surface area (Å²) in [5.74, 6) is -0.611. The standard InChI is InChI=1S/C24H35N3O6/c1-16(2)13-19(26-22(30)32-15-17-9-7-6-8-10-17)21(29)25-18-11-12-27(14-20(18)28)23(31)33-24(3,4)5/h6-10,16,18-19H,11-15H2,1-5H3,(H,25,29)(H,26,30)/t18?,19-/m0/s1. The number of hydrogen-bond acceptors (Lipinski definition) is 6. The molecular weight excluding hydrogens is 426 g/mol. The molecule has 2 N–H and O–H groups in total. The van der Waals surface area contributed by atoms with Gasteiger partial charge in [-0.2, -0.15) is 0 Å². The average Bonchev–Trinajstić information content (AvgIpc) is 2.72. The summed E-state index contributed by atoms with van der Waals surface area (Å²) in [6.07, 6.45) is -0.597. The SMILES string of the molecule is CC(C)C[C@H](NC(=O)OCc1ccccc1)C(=O)NC1CCN(C(=O)OC(C)(C)C)CC1=O. The van der Waals surface area contributed by atoms with E-state index in [0.29, 0.717) is 6.42 Å². The van der Waals surface area contributed by atoms with Gasteiger partial charge in [0.15, 0.2) is 5.78 Å². The highest BCUT2D eigenvalue weighted by Gasteiger charge is 2.34. The number of carbonyl (C=O) groups excluding carboxylic acids is 4. The molecule has 1 aromatic rings. The van der Waals surface area contributed by atoms with Crippen molar-refractivity contribution in [1.82, 2.24) is 15.5 Å². The number of benzene rings is 1. The van der Waals surface area contributed by atoms with Gasteiger partial charge < -0.3 is 25.0 Å². The smallest absolute Gasteiger partial charge is 0.410 e. The summed E-state index contributed by atoms with van der Waals surface area (Å²) in [4.78, 5) is 51.2. The molecule has 3 amide bonds. The van der Waals surface area contributed by atoms with E-state index in [1.54, 1.807) is 20.8 Å². The van der Waals surface area contributed by atoms with Crippen molar-refractivity contribution in [1.29, 1.82) is 0 Å². The molecule has 1 aromatic carbocycles. The molecule has 1 aliphatic rings. The minimum Gasteiger partial charge on any atom is -0.445 e. The largest absolute Gasteiger partial charge is 0.445 e. The molecule has 0 spiro atoms. The topological polar surface area (TPSA) is 114 Å². The fraction of sp³-hybridized carbons (Fsp3) is 0.583. The Morgan fingerprint density at radius 2 is 1.82 bits per heavy atom. The number of alkyl carbamates (subject to hydrolysis) is 1. The summed E-state index contributed by atoms with van der Waals surface area (Å²) in [6, 6.07) is 7.65. The number of nitrogens with one attached hydrogen (secondary N) is 2. The molecule has 1 saturated heterocycles. The van der Waals surface area contributed by atoms with Crippen LogP contribution in [0.3, 0.4) is 0 Å². The molecule has 0 radical (unpaired) electrons. The van der Waals surface area contributed by atoms with Gasteiger partial charge in [-0.25, -0.2) is 9.59 Å². The molecule has 0 saturated carbocycles. The highest BCUT2D eigenvalue weighted by molar-refractivity contribution is 5.94. The Morgan fingerprint density at radius 1 is 1.15 bits per heavy atom. The zero-order chi connectivity index (χ0) is 24.6. The average molecular weight is 462 g/mol. The zero-order valence-electron chi connectivity index (χ0n) is 20.1. The van der Waals surface area contributed by atoms with E-state index in [1.165, 1.54) is 4.90 Å². The van der Waals surface area contributed by atoms with Crippen LogP contribution in [0.15, 0.2) is 30.3 Å². The van der Waals surface area contributed by atoms with Crippen molar-refractivity contribution in [3.63, 3.8) is 0 Å². The Kier molecular flexibility index (Phi) is 9.25. The van der Waals surface area contributed by atoms with Gasteiger partial charge in [0.1, 0.15) is 18.2 Å². The van der Waals surface area contributed by atoms with E-state index in [0.717, 1.165) is 5.56 Å². The van der Waals surface area contributed by atoms with Crippen molar-refractivity contribution in [3.05, 3.63) is 35.9 Å². The number of amides is 3. The van der Waals surface area contributed by atoms with E-state index >= 15 is 0 Å². The number of ether oxygens (including phenoxy) is 2. The summed E-state index contributed by atoms with van der Waals surface area (Å²) in [7, 11) is 0. The first-order valence-electron chi connectivity index (χ1n) is 11.2. The quantitative estimate of drug-likeness (QED) is 0.645. The number of Topliss-reactive ketones (excluding diaryl/α,β-unsaturated/α-hetero) is 1. The maximum Gasteiger partial charge on any atom is 0.410 e. The normalized spacial score (nSPS) is 17.3. The van der Waals surface area contributed by atoms with Crippen LogP contribution in [-0.4, -0.2) is 59.6 Å². The maximum atomic E-state index is 12.9. The van der Waals surface area contributed by atoms with E-state index in [9.17, 15) is 19.2 Å². The van der Waals surface area contributed by atoms with Crippen LogP contribution in [0, 0.1) is 5.92 Å². The molecule has 9 heteroatoms. The summed E-state index contributed by atoms with van der Waals surface area (Å²) < 4.78 is 10.5. The summed E-state index contributed by atoms with van der Waals surface area (Å²) in [5.41, 5.74) is 0.177. The van der Waals surface area contributed by atoms with Crippen LogP contribution in [0.25, 0.3) is 0 Å². The monoisotopic (exact) mass is 461 g/mol. The fourth-order valence-electron chi connectivity index (χ4n) is 3.34. The van der Waals surface area contributed by atoms with Crippen LogP contribution in [0.5, 0.6) is 0 Å². The third kappa shape index (κ3) is 9.11. The number of ketones is 1. The Bertz CT molecular complexity index is 834. The van der Waals surface area contributed by atoms with Crippen LogP contribution in [0.4, 0.5) is 9.59 Å². The van der Waals surface area contributed by atoms with Gasteiger partial charge in [-0.1, -0.05) is 44.2 Å². The van der Waals surface area contributed by atoms with E-state index < -0.39 is 35.8 Å². The van der Waals surface area contributed by atoms with Gasteiger partial charge >= 0.3 is 12.2 Å². The number of nitrogens with zero attached hydrogens (tertiary/aromatic N) is 1. The number of piperidine rings is 1. The second-order valence-electron chi connectivity index (χ2n) is 9.61. The summed E-state index contributed by atoms with van der Waals surface area (Å²) >= 11 is 0. The van der Waals surface area contributed by atoms with Gasteiger partial charge in [0.2, 0.25) is 5.91 Å². The minimum absolute atomic E-state index is 0.0876. The minimum atomic E-state index is -0.843. The molecule has 9 nitrogen and oxygen atoms in total. The molecule has 2 atom stereocenters. The lowest BCUT2D eigenvalue weighted by atomic mass is 10.0. The van der Waals surface area contributed by atoms with Gasteiger partial charge in [-0.3, -0.25) is 9.59 Å². The second kappa shape index (κ2) is 11.7. The molecule has 182 valence electrons. The third-order valence-corrected chi connectivity index (χ3v) is 4.92. The number of rotatable bonds is 7. The Balaban J connectivity index is 1.90. The Labute approximate surface area is 195 Å². The van der Waals surface area contributed by atoms with Crippen molar-refractivity contribution < 1.29 is 28.7 Å². The predicted molar refractivity (Wildman–Crippen MR) is 122 cm³/mol. The van der Waals surface area contributed by atoms with Crippen molar-refractivity contribution in [2.24, 2.45) is 5.92 Å². The molecule has 0 aromatic heterocycles. The van der Waals surface area contributed by atoms with Crippen LogP contribution >= 0.6 is 0 Å². The molecule has 1 heterocycles. The highest BCUT2D eigenvalue weighted by atomic mass is 16.6. The molecule has 0 bridgehead atoms. The van der Waals surface area contributed by atoms with Gasteiger partial charge in [0.25, 0.3) is 0 Å². The molecule has 1 aliphatic heterocycles. The lowest BCUT2D eigenvalue weighted by Gasteiger charge is -2.33. The first-order chi connectivity index (χ1) is 15.4. The molecule has 1 unspecified atom stereocenters. The summed E-state index contributed by atoms with van der Waals surface area (Å²) in [6.45, 7) is 9.37. The number of hydrogen-bond donors (Lipinski definition) is 2. The van der Waals surface area contributed by atoms with Crippen LogP contribution in [-0.2, 0) is 25.7 Å². The second-order valence-corrected chi connectivity index (χ2v) is 9.61. The van der Waals surface area contributed by atoms with Gasteiger partial charge in [0.05, 0.1) is 12.6 Å². The zero-order valence-corrected chi connectivity index (χ0v) is 20.1. The van der Waals surface area contributed by atoms with Crippen molar-refractivity contribution in [2.75, 3.05) is 13.1 Å². The van der Waals surface area contributed by atoms with Gasteiger partial charge in [-0.05, 0) is 45.1 Å². The van der Waals surface area contributed by atoms with Crippen molar-refractivity contribution >= 4 is 23.9 Å². The van der Waals surface area contributed by atoms with E-state index in [1.807, 2.05) is 44.2 Å². The molecule has 2 rings (SSSR count). The predicted octanol–water partition coefficient (Wildman–Crippen LogP) is 3.02. The van der Waals surface area contributed by atoms with E-state index in [-0.39, 0.29) is 37.8 Å². The number of likely N-dealkylation sites (tertiary alicyclic amines) is 1. The van der Waals surface area contributed by atoms with Crippen LogP contribution in [0.1, 0.15) is 53.0 Å². The summed E-state index contributed by atoms with van der Waals surface area (Å²) in [5, 5.41) is 5.33. The lowest BCUT2D eigenvalue weighted by molar-refractivity contribution is -0.131. The van der Waals surface area contributed by atoms with Gasteiger partial charge in [0, 0.05) is 6.54 Å². The third-order valence-electron chi connectivity index (χ3n) is 4.92.